The number of fused-ring (bicyclic) bond motifs is 5. The molecule has 0 amide bonds. The molecule has 4 nitrogen and oxygen atoms in total. The molecule has 194 valence electrons. The van der Waals surface area contributed by atoms with Crippen LogP contribution in [0.5, 0.6) is 0 Å². The van der Waals surface area contributed by atoms with Gasteiger partial charge in [0, 0.05) is 12.1 Å². The Morgan fingerprint density at radius 2 is 1.26 bits per heavy atom. The van der Waals surface area contributed by atoms with E-state index in [1.807, 2.05) is 0 Å². The molecule has 0 spiro atoms. The molecule has 2 heterocycles. The molecule has 2 saturated heterocycles. The Bertz CT molecular complexity index is 717. The van der Waals surface area contributed by atoms with Gasteiger partial charge in [-0.2, -0.15) is 0 Å². The highest BCUT2D eigenvalue weighted by atomic mass is 16.3. The van der Waals surface area contributed by atoms with Crippen LogP contribution in [0.4, 0.5) is 0 Å². The minimum Gasteiger partial charge on any atom is -0.391 e. The fourth-order valence-electron chi connectivity index (χ4n) is 10.7. The lowest BCUT2D eigenvalue weighted by Gasteiger charge is -2.62. The van der Waals surface area contributed by atoms with Crippen molar-refractivity contribution >= 4 is 0 Å². The number of hydrogen-bond acceptors (Lipinski definition) is 4. The van der Waals surface area contributed by atoms with Gasteiger partial charge in [0.1, 0.15) is 0 Å². The van der Waals surface area contributed by atoms with Crippen LogP contribution in [0, 0.1) is 34.5 Å². The normalized spacial score (nSPS) is 52.9. The summed E-state index contributed by atoms with van der Waals surface area (Å²) in [5.41, 5.74) is 0.485. The number of likely N-dealkylation sites (tertiary alicyclic amines) is 2. The number of rotatable bonds is 2. The van der Waals surface area contributed by atoms with E-state index in [1.165, 1.54) is 110 Å². The van der Waals surface area contributed by atoms with Crippen molar-refractivity contribution in [1.29, 1.82) is 0 Å². The number of hydrogen-bond donors (Lipinski definition) is 2. The minimum absolute atomic E-state index is 0.113. The van der Waals surface area contributed by atoms with Crippen LogP contribution in [0.3, 0.4) is 0 Å². The van der Waals surface area contributed by atoms with E-state index in [1.54, 1.807) is 0 Å². The average Bonchev–Trinajstić information content (AvgIpc) is 3.00. The Morgan fingerprint density at radius 3 is 1.94 bits per heavy atom. The zero-order valence-corrected chi connectivity index (χ0v) is 22.1. The number of piperidine rings is 1. The third-order valence-electron chi connectivity index (χ3n) is 12.6. The van der Waals surface area contributed by atoms with Gasteiger partial charge in [-0.3, -0.25) is 9.80 Å². The molecule has 2 aliphatic heterocycles. The molecule has 6 aliphatic rings. The maximum Gasteiger partial charge on any atom is 0.0751 e. The Hall–Kier alpha value is -0.160. The second-order valence-corrected chi connectivity index (χ2v) is 14.1. The Labute approximate surface area is 208 Å². The largest absolute Gasteiger partial charge is 0.391 e. The average molecular weight is 473 g/mol. The summed E-state index contributed by atoms with van der Waals surface area (Å²) in [4.78, 5) is 5.37. The van der Waals surface area contributed by atoms with Gasteiger partial charge in [0.25, 0.3) is 0 Å². The molecule has 6 fully saturated rings. The van der Waals surface area contributed by atoms with Crippen molar-refractivity contribution in [2.45, 2.75) is 128 Å². The van der Waals surface area contributed by atoms with Crippen LogP contribution in [-0.2, 0) is 0 Å². The highest BCUT2D eigenvalue weighted by Crippen LogP contribution is 2.66. The second kappa shape index (κ2) is 9.30. The van der Waals surface area contributed by atoms with E-state index in [-0.39, 0.29) is 17.6 Å². The van der Waals surface area contributed by atoms with Crippen molar-refractivity contribution in [2.75, 3.05) is 26.2 Å². The maximum atomic E-state index is 11.7. The predicted molar refractivity (Wildman–Crippen MR) is 138 cm³/mol. The lowest BCUT2D eigenvalue weighted by Crippen LogP contribution is -2.60. The monoisotopic (exact) mass is 472 g/mol. The minimum atomic E-state index is -0.142. The van der Waals surface area contributed by atoms with Crippen molar-refractivity contribution in [1.82, 2.24) is 9.80 Å². The van der Waals surface area contributed by atoms with Crippen LogP contribution in [0.25, 0.3) is 0 Å². The van der Waals surface area contributed by atoms with Crippen molar-refractivity contribution < 1.29 is 10.2 Å². The van der Waals surface area contributed by atoms with Crippen molar-refractivity contribution in [3.8, 4) is 0 Å². The predicted octanol–water partition coefficient (Wildman–Crippen LogP) is 5.07. The fraction of sp³-hybridized carbons (Fsp3) is 1.00. The topological polar surface area (TPSA) is 46.9 Å². The first-order valence-electron chi connectivity index (χ1n) is 15.3. The van der Waals surface area contributed by atoms with E-state index < -0.39 is 0 Å². The SMILES string of the molecule is C[C@]12C[C@H](N3CCCCC3)[C@@H](O)C[C@@H]1CC[C@@H]1[C@@H]2CC[C@]2(C)[C@@H](O)[C@H](N3CCCCCC3)C[C@@H]12. The van der Waals surface area contributed by atoms with Crippen LogP contribution in [0.1, 0.15) is 104 Å². The number of aliphatic hydroxyl groups is 2. The Kier molecular flexibility index (Phi) is 6.62. The standard InChI is InChI=1S/C30H52N2O2/c1-29-13-12-23-22(24(29)19-25(28(29)34)31-14-6-3-4-7-15-31)11-10-21-18-27(33)26(20-30(21,23)2)32-16-8-5-9-17-32/h21-28,33-34H,3-20H2,1-2H3/t21-,22+,23-,24-,25+,26-,27-,28-,29-,30-/m0/s1. The van der Waals surface area contributed by atoms with Crippen LogP contribution in [0.15, 0.2) is 0 Å². The number of aliphatic hydroxyl groups excluding tert-OH is 2. The van der Waals surface area contributed by atoms with Gasteiger partial charge < -0.3 is 10.2 Å². The number of nitrogens with zero attached hydrogens (tertiary/aromatic N) is 2. The summed E-state index contributed by atoms with van der Waals surface area (Å²) >= 11 is 0. The molecule has 10 atom stereocenters. The van der Waals surface area contributed by atoms with E-state index in [0.717, 1.165) is 18.3 Å². The third kappa shape index (κ3) is 3.84. The Balaban J connectivity index is 1.23. The molecular weight excluding hydrogens is 420 g/mol. The highest BCUT2D eigenvalue weighted by molar-refractivity contribution is 5.14. The van der Waals surface area contributed by atoms with Gasteiger partial charge in [-0.25, -0.2) is 0 Å². The lowest BCUT2D eigenvalue weighted by atomic mass is 9.44. The first kappa shape index (κ1) is 24.2. The summed E-state index contributed by atoms with van der Waals surface area (Å²) < 4.78 is 0. The van der Waals surface area contributed by atoms with Gasteiger partial charge in [-0.15, -0.1) is 0 Å². The van der Waals surface area contributed by atoms with E-state index in [2.05, 4.69) is 23.6 Å². The molecule has 0 aromatic carbocycles. The van der Waals surface area contributed by atoms with Crippen molar-refractivity contribution in [3.05, 3.63) is 0 Å². The summed E-state index contributed by atoms with van der Waals surface area (Å²) in [5, 5.41) is 23.0. The molecular formula is C30H52N2O2. The van der Waals surface area contributed by atoms with Crippen LogP contribution < -0.4 is 0 Å². The van der Waals surface area contributed by atoms with Crippen molar-refractivity contribution in [3.63, 3.8) is 0 Å². The summed E-state index contributed by atoms with van der Waals surface area (Å²) in [7, 11) is 0. The molecule has 0 unspecified atom stereocenters. The van der Waals surface area contributed by atoms with E-state index >= 15 is 0 Å². The highest BCUT2D eigenvalue weighted by Gasteiger charge is 2.63. The molecule has 4 heteroatoms. The van der Waals surface area contributed by atoms with Crippen LogP contribution in [-0.4, -0.2) is 70.5 Å². The van der Waals surface area contributed by atoms with Gasteiger partial charge in [0.15, 0.2) is 0 Å². The first-order chi connectivity index (χ1) is 16.4. The van der Waals surface area contributed by atoms with Gasteiger partial charge in [-0.05, 0) is 131 Å². The molecule has 0 aromatic rings. The van der Waals surface area contributed by atoms with Crippen LogP contribution in [0.2, 0.25) is 0 Å². The zero-order valence-electron chi connectivity index (χ0n) is 22.1. The van der Waals surface area contributed by atoms with Gasteiger partial charge in [0.05, 0.1) is 12.2 Å². The molecule has 6 rings (SSSR count). The molecule has 0 radical (unpaired) electrons. The fourth-order valence-corrected chi connectivity index (χ4v) is 10.7. The van der Waals surface area contributed by atoms with Crippen LogP contribution >= 0.6 is 0 Å². The lowest BCUT2D eigenvalue weighted by molar-refractivity contribution is -0.154. The molecule has 4 saturated carbocycles. The Morgan fingerprint density at radius 1 is 0.647 bits per heavy atom. The van der Waals surface area contributed by atoms with Gasteiger partial charge >= 0.3 is 0 Å². The molecule has 2 N–H and O–H groups in total. The zero-order chi connectivity index (χ0) is 23.5. The quantitative estimate of drug-likeness (QED) is 0.589. The molecule has 0 bridgehead atoms. The van der Waals surface area contributed by atoms with Gasteiger partial charge in [0.2, 0.25) is 0 Å². The molecule has 34 heavy (non-hydrogen) atoms. The van der Waals surface area contributed by atoms with Gasteiger partial charge in [-0.1, -0.05) is 33.1 Å². The summed E-state index contributed by atoms with van der Waals surface area (Å²) in [5.74, 6) is 2.96. The molecule has 0 aromatic heterocycles. The van der Waals surface area contributed by atoms with Crippen molar-refractivity contribution in [2.24, 2.45) is 34.5 Å². The summed E-state index contributed by atoms with van der Waals surface area (Å²) in [6.07, 6.45) is 17.7. The van der Waals surface area contributed by atoms with E-state index in [9.17, 15) is 10.2 Å². The molecule has 4 aliphatic carbocycles. The van der Waals surface area contributed by atoms with E-state index in [4.69, 9.17) is 0 Å². The maximum absolute atomic E-state index is 11.7. The third-order valence-corrected chi connectivity index (χ3v) is 12.6. The first-order valence-corrected chi connectivity index (χ1v) is 15.3. The summed E-state index contributed by atoms with van der Waals surface area (Å²) in [6.45, 7) is 9.90. The van der Waals surface area contributed by atoms with E-state index in [0.29, 0.717) is 29.3 Å². The second-order valence-electron chi connectivity index (χ2n) is 14.1. The smallest absolute Gasteiger partial charge is 0.0751 e. The summed E-state index contributed by atoms with van der Waals surface area (Å²) in [6, 6.07) is 0.777.